The zero-order valence-electron chi connectivity index (χ0n) is 6.94. The highest BCUT2D eigenvalue weighted by molar-refractivity contribution is 7.91. The Morgan fingerprint density at radius 2 is 2.29 bits per heavy atom. The molecule has 1 aliphatic rings. The van der Waals surface area contributed by atoms with Gasteiger partial charge in [0, 0.05) is 5.92 Å². The maximum absolute atomic E-state index is 11.6. The van der Waals surface area contributed by atoms with E-state index < -0.39 is 14.2 Å². The van der Waals surface area contributed by atoms with Crippen LogP contribution in [0.1, 0.15) is 6.42 Å². The minimum absolute atomic E-state index is 0.0881. The number of sulfone groups is 1. The van der Waals surface area contributed by atoms with E-state index in [2.05, 4.69) is 15.2 Å². The molecule has 0 radical (unpaired) electrons. The van der Waals surface area contributed by atoms with Gasteiger partial charge in [0.1, 0.15) is 10.7 Å². The van der Waals surface area contributed by atoms with E-state index in [4.69, 9.17) is 23.2 Å². The van der Waals surface area contributed by atoms with Gasteiger partial charge in [-0.15, -0.1) is 23.2 Å². The van der Waals surface area contributed by atoms with Gasteiger partial charge in [0.25, 0.3) is 0 Å². The summed E-state index contributed by atoms with van der Waals surface area (Å²) in [7, 11) is -3.42. The van der Waals surface area contributed by atoms with Crippen molar-refractivity contribution in [2.24, 2.45) is 5.92 Å². The molecule has 1 aromatic rings. The summed E-state index contributed by atoms with van der Waals surface area (Å²) in [6.45, 7) is 0. The number of nitrogens with zero attached hydrogens (tertiary/aromatic N) is 2. The Hall–Kier alpha value is -0.330. The standard InChI is InChI=1S/C6H7Cl2N3O2S/c7-6(8)1-4(6)2-14(12,13)5-9-3-10-11-5/h3-4H,1-2H2,(H,9,10,11)/t4-/m0/s1. The predicted octanol–water partition coefficient (Wildman–Crippen LogP) is 0.772. The molecule has 14 heavy (non-hydrogen) atoms. The molecule has 0 saturated heterocycles. The molecule has 0 spiro atoms. The lowest BCUT2D eigenvalue weighted by atomic mass is 10.5. The van der Waals surface area contributed by atoms with Gasteiger partial charge in [-0.1, -0.05) is 0 Å². The van der Waals surface area contributed by atoms with E-state index in [0.717, 1.165) is 6.33 Å². The van der Waals surface area contributed by atoms with Gasteiger partial charge in [-0.25, -0.2) is 13.4 Å². The summed E-state index contributed by atoms with van der Waals surface area (Å²) in [5.41, 5.74) is 0. The molecule has 2 rings (SSSR count). The van der Waals surface area contributed by atoms with Crippen molar-refractivity contribution in [1.29, 1.82) is 0 Å². The van der Waals surface area contributed by atoms with E-state index in [1.807, 2.05) is 0 Å². The molecule has 5 nitrogen and oxygen atoms in total. The molecule has 1 aliphatic carbocycles. The third kappa shape index (κ3) is 1.87. The summed E-state index contributed by atoms with van der Waals surface area (Å²) in [5.74, 6) is -0.296. The fourth-order valence-electron chi connectivity index (χ4n) is 1.14. The van der Waals surface area contributed by atoms with Gasteiger partial charge in [0.05, 0.1) is 5.75 Å². The van der Waals surface area contributed by atoms with Gasteiger partial charge in [-0.05, 0) is 6.42 Å². The highest BCUT2D eigenvalue weighted by atomic mass is 35.5. The Bertz CT molecular complexity index is 428. The van der Waals surface area contributed by atoms with Crippen LogP contribution in [-0.2, 0) is 9.84 Å². The van der Waals surface area contributed by atoms with Crippen LogP contribution < -0.4 is 0 Å². The predicted molar refractivity (Wildman–Crippen MR) is 51.0 cm³/mol. The van der Waals surface area contributed by atoms with Gasteiger partial charge in [0.15, 0.2) is 0 Å². The highest BCUT2D eigenvalue weighted by Gasteiger charge is 2.53. The first-order valence-electron chi connectivity index (χ1n) is 3.88. The van der Waals surface area contributed by atoms with Crippen LogP contribution in [0, 0.1) is 5.92 Å². The van der Waals surface area contributed by atoms with Gasteiger partial charge in [0.2, 0.25) is 15.0 Å². The van der Waals surface area contributed by atoms with Crippen molar-refractivity contribution in [3.63, 3.8) is 0 Å². The van der Waals surface area contributed by atoms with Crippen LogP contribution in [-0.4, -0.2) is 33.7 Å². The first-order chi connectivity index (χ1) is 6.42. The SMILES string of the molecule is O=S(=O)(C[C@@H]1CC1(Cl)Cl)c1ncn[nH]1. The van der Waals surface area contributed by atoms with E-state index in [0.29, 0.717) is 6.42 Å². The largest absolute Gasteiger partial charge is 0.250 e. The number of H-pyrrole nitrogens is 1. The number of halogens is 2. The van der Waals surface area contributed by atoms with E-state index in [9.17, 15) is 8.42 Å². The molecule has 0 amide bonds. The number of hydrogen-bond acceptors (Lipinski definition) is 4. The first kappa shape index (κ1) is 10.2. The van der Waals surface area contributed by atoms with E-state index in [1.54, 1.807) is 0 Å². The normalized spacial score (nSPS) is 24.9. The third-order valence-corrected chi connectivity index (χ3v) is 4.62. The van der Waals surface area contributed by atoms with Crippen LogP contribution in [0.4, 0.5) is 0 Å². The minimum Gasteiger partial charge on any atom is -0.250 e. The monoisotopic (exact) mass is 255 g/mol. The Labute approximate surface area is 90.7 Å². The Balaban J connectivity index is 2.12. The van der Waals surface area contributed by atoms with Crippen LogP contribution in [0.3, 0.4) is 0 Å². The zero-order chi connectivity index (χ0) is 10.4. The smallest absolute Gasteiger partial charge is 0.242 e. The molecule has 8 heteroatoms. The van der Waals surface area contributed by atoms with Gasteiger partial charge < -0.3 is 0 Å². The van der Waals surface area contributed by atoms with Crippen LogP contribution in [0.25, 0.3) is 0 Å². The van der Waals surface area contributed by atoms with Crippen LogP contribution >= 0.6 is 23.2 Å². The number of alkyl halides is 2. The molecule has 1 fully saturated rings. The van der Waals surface area contributed by atoms with E-state index >= 15 is 0 Å². The highest BCUT2D eigenvalue weighted by Crippen LogP contribution is 2.53. The summed E-state index contributed by atoms with van der Waals surface area (Å²) < 4.78 is 22.3. The molecule has 1 atom stereocenters. The molecule has 78 valence electrons. The van der Waals surface area contributed by atoms with Crippen LogP contribution in [0.15, 0.2) is 11.5 Å². The first-order valence-corrected chi connectivity index (χ1v) is 6.28. The van der Waals surface area contributed by atoms with Crippen molar-refractivity contribution < 1.29 is 8.42 Å². The minimum atomic E-state index is -3.42. The molecule has 0 aliphatic heterocycles. The van der Waals surface area contributed by atoms with Gasteiger partial charge >= 0.3 is 0 Å². The maximum Gasteiger partial charge on any atom is 0.242 e. The van der Waals surface area contributed by atoms with Gasteiger partial charge in [-0.2, -0.15) is 5.10 Å². The number of aromatic nitrogens is 3. The van der Waals surface area contributed by atoms with E-state index in [-0.39, 0.29) is 16.8 Å². The van der Waals surface area contributed by atoms with Crippen molar-refractivity contribution in [2.45, 2.75) is 15.9 Å². The average molecular weight is 256 g/mol. The lowest BCUT2D eigenvalue weighted by Crippen LogP contribution is -2.12. The molecule has 1 saturated carbocycles. The van der Waals surface area contributed by atoms with Crippen molar-refractivity contribution in [3.8, 4) is 0 Å². The fraction of sp³-hybridized carbons (Fsp3) is 0.667. The summed E-state index contributed by atoms with van der Waals surface area (Å²) in [4.78, 5) is 3.58. The maximum atomic E-state index is 11.6. The Morgan fingerprint density at radius 3 is 2.71 bits per heavy atom. The molecule has 0 bridgehead atoms. The quantitative estimate of drug-likeness (QED) is 0.810. The number of rotatable bonds is 3. The molecular weight excluding hydrogens is 249 g/mol. The molecule has 1 aromatic heterocycles. The number of aromatic amines is 1. The number of nitrogens with one attached hydrogen (secondary N) is 1. The van der Waals surface area contributed by atoms with Crippen molar-refractivity contribution in [1.82, 2.24) is 15.2 Å². The molecule has 0 unspecified atom stereocenters. The second kappa shape index (κ2) is 3.08. The number of hydrogen-bond donors (Lipinski definition) is 1. The zero-order valence-corrected chi connectivity index (χ0v) is 9.27. The summed E-state index contributed by atoms with van der Waals surface area (Å²) in [6.07, 6.45) is 1.65. The second-order valence-electron chi connectivity index (χ2n) is 3.23. The van der Waals surface area contributed by atoms with Crippen LogP contribution in [0.2, 0.25) is 0 Å². The Morgan fingerprint density at radius 1 is 1.64 bits per heavy atom. The van der Waals surface area contributed by atoms with Crippen molar-refractivity contribution in [3.05, 3.63) is 6.33 Å². The summed E-state index contributed by atoms with van der Waals surface area (Å²) in [6, 6.07) is 0. The fourth-order valence-corrected chi connectivity index (χ4v) is 3.34. The average Bonchev–Trinajstić information content (AvgIpc) is 2.57. The lowest BCUT2D eigenvalue weighted by molar-refractivity contribution is 0.583. The van der Waals surface area contributed by atoms with Crippen molar-refractivity contribution >= 4 is 33.0 Å². The summed E-state index contributed by atoms with van der Waals surface area (Å²) >= 11 is 11.5. The molecule has 1 heterocycles. The molecule has 0 aromatic carbocycles. The third-order valence-electron chi connectivity index (χ3n) is 2.06. The molecule has 1 N–H and O–H groups in total. The molecular formula is C6H7Cl2N3O2S. The van der Waals surface area contributed by atoms with Gasteiger partial charge in [-0.3, -0.25) is 5.10 Å². The van der Waals surface area contributed by atoms with Crippen LogP contribution in [0.5, 0.6) is 0 Å². The summed E-state index contributed by atoms with van der Waals surface area (Å²) in [5, 5.41) is 5.64. The van der Waals surface area contributed by atoms with E-state index in [1.165, 1.54) is 0 Å². The topological polar surface area (TPSA) is 75.7 Å². The second-order valence-corrected chi connectivity index (χ2v) is 6.73. The van der Waals surface area contributed by atoms with Crippen molar-refractivity contribution in [2.75, 3.05) is 5.75 Å². The lowest BCUT2D eigenvalue weighted by Gasteiger charge is -1.99. The Kier molecular flexibility index (Phi) is 2.24.